The third-order valence-electron chi connectivity index (χ3n) is 5.92. The number of halogens is 1. The van der Waals surface area contributed by atoms with Crippen LogP contribution in [0.3, 0.4) is 0 Å². The van der Waals surface area contributed by atoms with Crippen LogP contribution in [0.2, 0.25) is 5.02 Å². The molecule has 23 heavy (non-hydrogen) atoms. The first-order chi connectivity index (χ1) is 11.2. The molecule has 4 aliphatic rings. The molecule has 1 atom stereocenters. The predicted octanol–water partition coefficient (Wildman–Crippen LogP) is 2.84. The first-order valence-electron chi connectivity index (χ1n) is 8.26. The van der Waals surface area contributed by atoms with E-state index in [0.29, 0.717) is 22.2 Å². The average Bonchev–Trinajstić information content (AvgIpc) is 3.28. The molecule has 6 heteroatoms. The minimum absolute atomic E-state index is 0.103. The van der Waals surface area contributed by atoms with Crippen molar-refractivity contribution in [2.45, 2.75) is 37.3 Å². The molecular weight excluding hydrogens is 314 g/mol. The topological polar surface area (TPSA) is 58.4 Å². The van der Waals surface area contributed by atoms with Gasteiger partial charge in [0.1, 0.15) is 12.0 Å². The molecule has 6 rings (SSSR count). The summed E-state index contributed by atoms with van der Waals surface area (Å²) in [6, 6.07) is 1.98. The molecule has 2 aromatic heterocycles. The number of hydrogen-bond acceptors (Lipinski definition) is 4. The summed E-state index contributed by atoms with van der Waals surface area (Å²) in [4.78, 5) is 19.5. The quantitative estimate of drug-likeness (QED) is 0.919. The second-order valence-electron chi connectivity index (χ2n) is 7.03. The summed E-state index contributed by atoms with van der Waals surface area (Å²) in [7, 11) is 0. The van der Waals surface area contributed by atoms with Gasteiger partial charge in [-0.2, -0.15) is 0 Å². The molecule has 2 aromatic rings. The zero-order valence-corrected chi connectivity index (χ0v) is 13.5. The molecule has 1 saturated carbocycles. The van der Waals surface area contributed by atoms with Crippen molar-refractivity contribution >= 4 is 28.5 Å². The van der Waals surface area contributed by atoms with Gasteiger partial charge in [0.05, 0.1) is 17.3 Å². The highest BCUT2D eigenvalue weighted by atomic mass is 35.5. The van der Waals surface area contributed by atoms with Crippen LogP contribution in [0, 0.1) is 5.92 Å². The average molecular weight is 332 g/mol. The van der Waals surface area contributed by atoms with Gasteiger partial charge >= 0.3 is 0 Å². The van der Waals surface area contributed by atoms with Crippen molar-refractivity contribution in [3.05, 3.63) is 29.2 Å². The van der Waals surface area contributed by atoms with Crippen LogP contribution in [-0.2, 0) is 0 Å². The van der Waals surface area contributed by atoms with Gasteiger partial charge in [-0.1, -0.05) is 11.6 Å². The van der Waals surface area contributed by atoms with Gasteiger partial charge in [0.25, 0.3) is 5.91 Å². The van der Waals surface area contributed by atoms with E-state index in [1.807, 2.05) is 0 Å². The molecule has 1 N–H and O–H groups in total. The van der Waals surface area contributed by atoms with Crippen molar-refractivity contribution in [3.63, 3.8) is 0 Å². The summed E-state index contributed by atoms with van der Waals surface area (Å²) in [6.45, 7) is 2.37. The summed E-state index contributed by atoms with van der Waals surface area (Å²) >= 11 is 6.09. The number of aromatic nitrogens is 1. The SMILES string of the molecule is O=C(N[C@H]1C2CCN(CC2)C12CC2)c1cc2c(Cl)coc2cn1. The third kappa shape index (κ3) is 1.96. The Morgan fingerprint density at radius 2 is 2.17 bits per heavy atom. The normalized spacial score (nSPS) is 30.7. The number of furan rings is 1. The Morgan fingerprint density at radius 3 is 2.91 bits per heavy atom. The van der Waals surface area contributed by atoms with Crippen molar-refractivity contribution in [1.82, 2.24) is 15.2 Å². The lowest BCUT2D eigenvalue weighted by Crippen LogP contribution is -2.65. The Morgan fingerprint density at radius 1 is 1.39 bits per heavy atom. The van der Waals surface area contributed by atoms with Crippen molar-refractivity contribution in [3.8, 4) is 0 Å². The van der Waals surface area contributed by atoms with Crippen molar-refractivity contribution < 1.29 is 9.21 Å². The van der Waals surface area contributed by atoms with Crippen LogP contribution in [0.15, 0.2) is 22.9 Å². The highest BCUT2D eigenvalue weighted by molar-refractivity contribution is 6.35. The van der Waals surface area contributed by atoms with E-state index in [0.717, 1.165) is 5.39 Å². The zero-order chi connectivity index (χ0) is 15.6. The number of fused-ring (bicyclic) bond motifs is 3. The summed E-state index contributed by atoms with van der Waals surface area (Å²) in [5.74, 6) is 0.502. The smallest absolute Gasteiger partial charge is 0.270 e. The lowest BCUT2D eigenvalue weighted by molar-refractivity contribution is -0.00152. The van der Waals surface area contributed by atoms with Crippen LogP contribution < -0.4 is 5.32 Å². The largest absolute Gasteiger partial charge is 0.461 e. The van der Waals surface area contributed by atoms with Gasteiger partial charge in [0.2, 0.25) is 0 Å². The van der Waals surface area contributed by atoms with Crippen molar-refractivity contribution in [2.24, 2.45) is 5.92 Å². The van der Waals surface area contributed by atoms with Gasteiger partial charge in [-0.25, -0.2) is 4.98 Å². The first kappa shape index (κ1) is 13.8. The molecule has 3 saturated heterocycles. The Hall–Kier alpha value is -1.59. The van der Waals surface area contributed by atoms with E-state index in [4.69, 9.17) is 16.0 Å². The Bertz CT molecular complexity index is 790. The fraction of sp³-hybridized carbons (Fsp3) is 0.529. The zero-order valence-electron chi connectivity index (χ0n) is 12.7. The molecule has 3 aliphatic heterocycles. The van der Waals surface area contributed by atoms with E-state index in [1.54, 1.807) is 12.3 Å². The highest BCUT2D eigenvalue weighted by Gasteiger charge is 2.60. The Balaban J connectivity index is 1.43. The molecule has 2 bridgehead atoms. The van der Waals surface area contributed by atoms with Gasteiger partial charge in [-0.05, 0) is 50.8 Å². The predicted molar refractivity (Wildman–Crippen MR) is 86.5 cm³/mol. The molecule has 5 heterocycles. The molecule has 5 nitrogen and oxygen atoms in total. The summed E-state index contributed by atoms with van der Waals surface area (Å²) < 4.78 is 5.28. The van der Waals surface area contributed by atoms with Crippen molar-refractivity contribution in [2.75, 3.05) is 13.1 Å². The maximum Gasteiger partial charge on any atom is 0.270 e. The second-order valence-corrected chi connectivity index (χ2v) is 7.44. The molecule has 0 aromatic carbocycles. The molecule has 1 amide bonds. The van der Waals surface area contributed by atoms with Gasteiger partial charge in [-0.15, -0.1) is 0 Å². The Labute approximate surface area is 139 Å². The number of rotatable bonds is 2. The summed E-state index contributed by atoms with van der Waals surface area (Å²) in [5.41, 5.74) is 1.25. The number of carbonyl (C=O) groups is 1. The van der Waals surface area contributed by atoms with Gasteiger partial charge < -0.3 is 9.73 Å². The van der Waals surface area contributed by atoms with Crippen LogP contribution in [0.25, 0.3) is 11.0 Å². The standard InChI is InChI=1S/C17H18ClN3O2/c18-12-9-23-14-8-19-13(7-11(12)14)16(22)20-15-10-1-5-21(6-2-10)17(15)3-4-17/h7-10,15H,1-6H2,(H,20,22)/t15-/m0/s1. The summed E-state index contributed by atoms with van der Waals surface area (Å²) in [5, 5.41) is 4.53. The number of nitrogens with one attached hydrogen (secondary N) is 1. The number of amides is 1. The number of carbonyl (C=O) groups excluding carboxylic acids is 1. The van der Waals surface area contributed by atoms with E-state index in [9.17, 15) is 4.79 Å². The summed E-state index contributed by atoms with van der Waals surface area (Å²) in [6.07, 6.45) is 7.82. The monoisotopic (exact) mass is 331 g/mol. The van der Waals surface area contributed by atoms with Gasteiger partial charge in [0.15, 0.2) is 5.58 Å². The lowest BCUT2D eigenvalue weighted by atomic mass is 9.77. The lowest BCUT2D eigenvalue weighted by Gasteiger charge is -2.52. The highest BCUT2D eigenvalue weighted by Crippen LogP contribution is 2.53. The number of pyridine rings is 1. The number of hydrogen-bond donors (Lipinski definition) is 1. The maximum absolute atomic E-state index is 12.7. The van der Waals surface area contributed by atoms with E-state index < -0.39 is 0 Å². The van der Waals surface area contributed by atoms with E-state index in [2.05, 4.69) is 15.2 Å². The molecule has 1 spiro atoms. The maximum atomic E-state index is 12.7. The number of piperidine rings is 3. The third-order valence-corrected chi connectivity index (χ3v) is 6.21. The van der Waals surface area contributed by atoms with Gasteiger partial charge in [0, 0.05) is 10.9 Å². The molecule has 0 radical (unpaired) electrons. The molecule has 4 fully saturated rings. The molecule has 120 valence electrons. The van der Waals surface area contributed by atoms with Crippen LogP contribution >= 0.6 is 11.6 Å². The van der Waals surface area contributed by atoms with E-state index in [-0.39, 0.29) is 17.5 Å². The van der Waals surface area contributed by atoms with Crippen LogP contribution in [0.4, 0.5) is 0 Å². The molecular formula is C17H18ClN3O2. The molecule has 1 aliphatic carbocycles. The van der Waals surface area contributed by atoms with Crippen LogP contribution in [-0.4, -0.2) is 40.5 Å². The van der Waals surface area contributed by atoms with Crippen molar-refractivity contribution in [1.29, 1.82) is 0 Å². The number of nitrogens with zero attached hydrogens (tertiary/aromatic N) is 2. The van der Waals surface area contributed by atoms with Gasteiger partial charge in [-0.3, -0.25) is 9.69 Å². The second kappa shape index (κ2) is 4.71. The fourth-order valence-corrected chi connectivity index (χ4v) is 4.75. The minimum atomic E-state index is -0.103. The van der Waals surface area contributed by atoms with Crippen LogP contribution in [0.5, 0.6) is 0 Å². The molecule has 0 unspecified atom stereocenters. The minimum Gasteiger partial charge on any atom is -0.461 e. The van der Waals surface area contributed by atoms with Crippen LogP contribution in [0.1, 0.15) is 36.2 Å². The Kier molecular flexibility index (Phi) is 2.83. The van der Waals surface area contributed by atoms with E-state index in [1.165, 1.54) is 45.0 Å². The fourth-order valence-electron chi connectivity index (χ4n) is 4.56. The van der Waals surface area contributed by atoms with E-state index >= 15 is 0 Å². The first-order valence-corrected chi connectivity index (χ1v) is 8.64.